The van der Waals surface area contributed by atoms with E-state index in [1.807, 2.05) is 20.8 Å². The molecule has 1 aromatic heterocycles. The van der Waals surface area contributed by atoms with Gasteiger partial charge in [-0.15, -0.1) is 0 Å². The van der Waals surface area contributed by atoms with Crippen LogP contribution in [0.3, 0.4) is 0 Å². The van der Waals surface area contributed by atoms with Crippen molar-refractivity contribution in [2.75, 3.05) is 6.54 Å². The van der Waals surface area contributed by atoms with Crippen LogP contribution >= 0.6 is 0 Å². The molecule has 0 aliphatic carbocycles. The first-order valence-electron chi connectivity index (χ1n) is 6.32. The first-order chi connectivity index (χ1) is 8.47. The minimum absolute atomic E-state index is 0.0110. The number of nitrogens with zero attached hydrogens (tertiary/aromatic N) is 2. The highest BCUT2D eigenvalue weighted by molar-refractivity contribution is 5.38. The first kappa shape index (κ1) is 14.6. The number of hydrogen-bond acceptors (Lipinski definition) is 4. The van der Waals surface area contributed by atoms with Crippen molar-refractivity contribution in [3.05, 3.63) is 33.6 Å². The van der Waals surface area contributed by atoms with Crippen LogP contribution in [0.1, 0.15) is 44.5 Å². The van der Waals surface area contributed by atoms with Gasteiger partial charge in [-0.25, -0.2) is 0 Å². The fourth-order valence-electron chi connectivity index (χ4n) is 1.84. The molecule has 2 unspecified atom stereocenters. The van der Waals surface area contributed by atoms with Crippen molar-refractivity contribution in [1.29, 1.82) is 0 Å². The summed E-state index contributed by atoms with van der Waals surface area (Å²) < 4.78 is 0. The summed E-state index contributed by atoms with van der Waals surface area (Å²) in [6, 6.07) is 3.39. The van der Waals surface area contributed by atoms with Crippen molar-refractivity contribution in [2.45, 2.75) is 46.1 Å². The van der Waals surface area contributed by atoms with Gasteiger partial charge in [-0.1, -0.05) is 13.8 Å². The zero-order valence-electron chi connectivity index (χ0n) is 11.4. The number of rotatable bonds is 6. The van der Waals surface area contributed by atoms with Gasteiger partial charge in [-0.2, -0.15) is 0 Å². The summed E-state index contributed by atoms with van der Waals surface area (Å²) in [7, 11) is 0. The number of hydrogen-bond donors (Lipinski definition) is 1. The molecule has 5 nitrogen and oxygen atoms in total. The molecule has 0 spiro atoms. The molecule has 0 saturated heterocycles. The molecular weight excluding hydrogens is 230 g/mol. The van der Waals surface area contributed by atoms with Crippen LogP contribution < -0.4 is 5.32 Å². The van der Waals surface area contributed by atoms with Crippen molar-refractivity contribution in [1.82, 2.24) is 10.3 Å². The topological polar surface area (TPSA) is 68.1 Å². The number of aryl methyl sites for hydroxylation is 1. The average Bonchev–Trinajstić information content (AvgIpc) is 2.34. The predicted molar refractivity (Wildman–Crippen MR) is 71.8 cm³/mol. The normalized spacial score (nSPS) is 14.2. The molecular formula is C13H21N3O2. The number of nitro groups is 1. The number of pyridine rings is 1. The van der Waals surface area contributed by atoms with Crippen LogP contribution in [0.15, 0.2) is 12.1 Å². The van der Waals surface area contributed by atoms with Crippen LogP contribution in [0.5, 0.6) is 0 Å². The van der Waals surface area contributed by atoms with Gasteiger partial charge >= 0.3 is 0 Å². The summed E-state index contributed by atoms with van der Waals surface area (Å²) >= 11 is 0. The average molecular weight is 251 g/mol. The second kappa shape index (κ2) is 6.44. The van der Waals surface area contributed by atoms with Crippen LogP contribution in [-0.4, -0.2) is 22.5 Å². The lowest BCUT2D eigenvalue weighted by molar-refractivity contribution is -0.386. The van der Waals surface area contributed by atoms with Crippen LogP contribution in [0.2, 0.25) is 0 Å². The third kappa shape index (κ3) is 3.50. The van der Waals surface area contributed by atoms with E-state index in [1.165, 1.54) is 0 Å². The van der Waals surface area contributed by atoms with E-state index in [-0.39, 0.29) is 22.6 Å². The smallest absolute Gasteiger partial charge is 0.291 e. The van der Waals surface area contributed by atoms with E-state index in [1.54, 1.807) is 12.1 Å². The molecule has 0 saturated carbocycles. The summed E-state index contributed by atoms with van der Waals surface area (Å²) in [5, 5.41) is 14.4. The molecule has 18 heavy (non-hydrogen) atoms. The molecule has 1 aromatic rings. The zero-order chi connectivity index (χ0) is 13.7. The maximum Gasteiger partial charge on any atom is 0.291 e. The van der Waals surface area contributed by atoms with Crippen LogP contribution in [0, 0.1) is 17.0 Å². The van der Waals surface area contributed by atoms with E-state index in [4.69, 9.17) is 0 Å². The van der Waals surface area contributed by atoms with E-state index in [0.29, 0.717) is 5.69 Å². The molecule has 0 radical (unpaired) electrons. The minimum atomic E-state index is -0.356. The maximum absolute atomic E-state index is 11.0. The Hall–Kier alpha value is -1.49. The van der Waals surface area contributed by atoms with E-state index < -0.39 is 0 Å². The molecule has 1 rings (SSSR count). The SMILES string of the molecule is CCCNC(C)C(C)c1nc(C)ccc1[N+](=O)[O-]. The number of nitrogens with one attached hydrogen (secondary N) is 1. The Morgan fingerprint density at radius 1 is 1.44 bits per heavy atom. The summed E-state index contributed by atoms with van der Waals surface area (Å²) in [4.78, 5) is 15.0. The van der Waals surface area contributed by atoms with E-state index in [9.17, 15) is 10.1 Å². The van der Waals surface area contributed by atoms with Crippen molar-refractivity contribution >= 4 is 5.69 Å². The highest BCUT2D eigenvalue weighted by Gasteiger charge is 2.24. The Morgan fingerprint density at radius 3 is 2.67 bits per heavy atom. The summed E-state index contributed by atoms with van der Waals surface area (Å²) in [6.07, 6.45) is 1.04. The lowest BCUT2D eigenvalue weighted by Gasteiger charge is -2.20. The highest BCUT2D eigenvalue weighted by atomic mass is 16.6. The zero-order valence-corrected chi connectivity index (χ0v) is 11.4. The van der Waals surface area contributed by atoms with Gasteiger partial charge in [0.05, 0.1) is 4.92 Å². The fourth-order valence-corrected chi connectivity index (χ4v) is 1.84. The Morgan fingerprint density at radius 2 is 2.11 bits per heavy atom. The van der Waals surface area contributed by atoms with E-state index >= 15 is 0 Å². The van der Waals surface area contributed by atoms with Gasteiger partial charge in [-0.3, -0.25) is 15.1 Å². The monoisotopic (exact) mass is 251 g/mol. The van der Waals surface area contributed by atoms with Gasteiger partial charge in [0.15, 0.2) is 0 Å². The molecule has 5 heteroatoms. The van der Waals surface area contributed by atoms with Crippen LogP contribution in [0.4, 0.5) is 5.69 Å². The largest absolute Gasteiger partial charge is 0.314 e. The van der Waals surface area contributed by atoms with Crippen LogP contribution in [-0.2, 0) is 0 Å². The lowest BCUT2D eigenvalue weighted by atomic mass is 9.97. The summed E-state index contributed by atoms with van der Waals surface area (Å²) in [5.41, 5.74) is 1.49. The molecule has 0 aliphatic heterocycles. The van der Waals surface area contributed by atoms with Gasteiger partial charge < -0.3 is 5.32 Å². The quantitative estimate of drug-likeness (QED) is 0.623. The molecule has 0 aliphatic rings. The van der Waals surface area contributed by atoms with E-state index in [0.717, 1.165) is 18.7 Å². The summed E-state index contributed by atoms with van der Waals surface area (Å²) in [6.45, 7) is 8.86. The molecule has 2 atom stereocenters. The van der Waals surface area contributed by atoms with E-state index in [2.05, 4.69) is 17.2 Å². The third-order valence-corrected chi connectivity index (χ3v) is 3.14. The lowest BCUT2D eigenvalue weighted by Crippen LogP contribution is -2.32. The maximum atomic E-state index is 11.0. The van der Waals surface area contributed by atoms with Gasteiger partial charge in [0.1, 0.15) is 5.69 Å². The second-order valence-corrected chi connectivity index (χ2v) is 4.65. The van der Waals surface area contributed by atoms with Gasteiger partial charge in [-0.05, 0) is 32.9 Å². The summed E-state index contributed by atoms with van der Waals surface area (Å²) in [5.74, 6) is 0.0110. The Bertz CT molecular complexity index is 421. The van der Waals surface area contributed by atoms with Crippen molar-refractivity contribution in [2.24, 2.45) is 0 Å². The van der Waals surface area contributed by atoms with Crippen molar-refractivity contribution in [3.63, 3.8) is 0 Å². The molecule has 1 heterocycles. The fraction of sp³-hybridized carbons (Fsp3) is 0.615. The predicted octanol–water partition coefficient (Wildman–Crippen LogP) is 2.79. The second-order valence-electron chi connectivity index (χ2n) is 4.65. The van der Waals surface area contributed by atoms with Crippen molar-refractivity contribution < 1.29 is 4.92 Å². The first-order valence-corrected chi connectivity index (χ1v) is 6.32. The molecule has 0 fully saturated rings. The van der Waals surface area contributed by atoms with Gasteiger partial charge in [0.2, 0.25) is 0 Å². The highest BCUT2D eigenvalue weighted by Crippen LogP contribution is 2.27. The molecule has 1 N–H and O–H groups in total. The molecule has 0 amide bonds. The number of aromatic nitrogens is 1. The Balaban J connectivity index is 2.99. The Labute approximate surface area is 108 Å². The van der Waals surface area contributed by atoms with Gasteiger partial charge in [0, 0.05) is 23.7 Å². The molecule has 100 valence electrons. The van der Waals surface area contributed by atoms with Crippen molar-refractivity contribution in [3.8, 4) is 0 Å². The molecule has 0 aromatic carbocycles. The minimum Gasteiger partial charge on any atom is -0.314 e. The molecule has 0 bridgehead atoms. The van der Waals surface area contributed by atoms with Crippen LogP contribution in [0.25, 0.3) is 0 Å². The Kier molecular flexibility index (Phi) is 5.22. The third-order valence-electron chi connectivity index (χ3n) is 3.14. The standard InChI is InChI=1S/C13H21N3O2/c1-5-8-14-11(4)10(3)13-12(16(17)18)7-6-9(2)15-13/h6-7,10-11,14H,5,8H2,1-4H3. The van der Waals surface area contributed by atoms with Gasteiger partial charge in [0.25, 0.3) is 5.69 Å².